The van der Waals surface area contributed by atoms with E-state index in [1.807, 2.05) is 24.4 Å². The van der Waals surface area contributed by atoms with Gasteiger partial charge in [0.05, 0.1) is 23.4 Å². The van der Waals surface area contributed by atoms with Gasteiger partial charge in [-0.2, -0.15) is 0 Å². The number of aliphatic hydroxyl groups is 1. The highest BCUT2D eigenvalue weighted by Gasteiger charge is 2.31. The number of hydrogen-bond acceptors (Lipinski definition) is 4. The van der Waals surface area contributed by atoms with Crippen LogP contribution < -0.4 is 0 Å². The van der Waals surface area contributed by atoms with Gasteiger partial charge in [-0.3, -0.25) is 9.59 Å². The van der Waals surface area contributed by atoms with Crippen LogP contribution in [-0.4, -0.2) is 59.5 Å². The summed E-state index contributed by atoms with van der Waals surface area (Å²) in [7, 11) is 1.71. The number of carbonyl (C=O) groups excluding carboxylic acids is 2. The van der Waals surface area contributed by atoms with Crippen molar-refractivity contribution in [2.75, 3.05) is 26.7 Å². The van der Waals surface area contributed by atoms with Crippen LogP contribution in [0.15, 0.2) is 17.5 Å². The van der Waals surface area contributed by atoms with Crippen molar-refractivity contribution in [1.82, 2.24) is 9.80 Å². The van der Waals surface area contributed by atoms with Gasteiger partial charge in [-0.25, -0.2) is 0 Å². The van der Waals surface area contributed by atoms with E-state index in [0.717, 1.165) is 17.7 Å². The van der Waals surface area contributed by atoms with E-state index >= 15 is 0 Å². The molecular weight excluding hydrogens is 288 g/mol. The minimum atomic E-state index is -0.194. The Morgan fingerprint density at radius 1 is 1.57 bits per heavy atom. The van der Waals surface area contributed by atoms with Gasteiger partial charge >= 0.3 is 0 Å². The molecule has 0 aromatic carbocycles. The van der Waals surface area contributed by atoms with Gasteiger partial charge < -0.3 is 14.9 Å². The second-order valence-electron chi connectivity index (χ2n) is 5.55. The van der Waals surface area contributed by atoms with Crippen LogP contribution in [-0.2, 0) is 4.79 Å². The quantitative estimate of drug-likeness (QED) is 0.915. The van der Waals surface area contributed by atoms with E-state index < -0.39 is 0 Å². The number of nitrogens with zero attached hydrogens (tertiary/aromatic N) is 2. The highest BCUT2D eigenvalue weighted by Crippen LogP contribution is 2.22. The first kappa shape index (κ1) is 16.0. The lowest BCUT2D eigenvalue weighted by Crippen LogP contribution is -2.48. The maximum absolute atomic E-state index is 12.4. The second kappa shape index (κ2) is 7.04. The molecule has 0 radical (unpaired) electrons. The minimum Gasteiger partial charge on any atom is -0.394 e. The molecule has 116 valence electrons. The summed E-state index contributed by atoms with van der Waals surface area (Å²) >= 11 is 1.43. The third-order valence-corrected chi connectivity index (χ3v) is 4.92. The molecule has 0 bridgehead atoms. The summed E-state index contributed by atoms with van der Waals surface area (Å²) in [6.07, 6.45) is 1.64. The lowest BCUT2D eigenvalue weighted by atomic mass is 9.96. The largest absolute Gasteiger partial charge is 0.394 e. The number of likely N-dealkylation sites (tertiary alicyclic amines) is 1. The Labute approximate surface area is 129 Å². The van der Waals surface area contributed by atoms with Crippen LogP contribution in [0.25, 0.3) is 0 Å². The van der Waals surface area contributed by atoms with Gasteiger partial charge in [0.25, 0.3) is 5.91 Å². The third-order valence-electron chi connectivity index (χ3n) is 4.06. The van der Waals surface area contributed by atoms with Gasteiger partial charge in [-0.15, -0.1) is 11.3 Å². The summed E-state index contributed by atoms with van der Waals surface area (Å²) in [6, 6.07) is 3.49. The maximum Gasteiger partial charge on any atom is 0.263 e. The molecule has 21 heavy (non-hydrogen) atoms. The smallest absolute Gasteiger partial charge is 0.263 e. The summed E-state index contributed by atoms with van der Waals surface area (Å²) in [5, 5.41) is 11.0. The molecule has 1 fully saturated rings. The Bertz CT molecular complexity index is 489. The van der Waals surface area contributed by atoms with E-state index in [1.165, 1.54) is 11.3 Å². The van der Waals surface area contributed by atoms with E-state index in [4.69, 9.17) is 5.11 Å². The van der Waals surface area contributed by atoms with Crippen LogP contribution in [0.2, 0.25) is 0 Å². The van der Waals surface area contributed by atoms with Crippen molar-refractivity contribution in [3.05, 3.63) is 22.4 Å². The first-order valence-corrected chi connectivity index (χ1v) is 8.13. The fourth-order valence-electron chi connectivity index (χ4n) is 2.55. The summed E-state index contributed by atoms with van der Waals surface area (Å²) in [5.74, 6) is -0.137. The molecule has 2 unspecified atom stereocenters. The van der Waals surface area contributed by atoms with Crippen molar-refractivity contribution >= 4 is 23.2 Å². The van der Waals surface area contributed by atoms with Crippen LogP contribution in [0.5, 0.6) is 0 Å². The topological polar surface area (TPSA) is 60.9 Å². The first-order chi connectivity index (χ1) is 10.0. The summed E-state index contributed by atoms with van der Waals surface area (Å²) in [6.45, 7) is 2.94. The first-order valence-electron chi connectivity index (χ1n) is 7.25. The zero-order valence-electron chi connectivity index (χ0n) is 12.5. The Morgan fingerprint density at radius 3 is 2.95 bits per heavy atom. The molecule has 0 aliphatic carbocycles. The molecule has 1 aliphatic rings. The van der Waals surface area contributed by atoms with E-state index in [9.17, 15) is 9.59 Å². The molecule has 0 saturated carbocycles. The molecule has 5 nitrogen and oxygen atoms in total. The van der Waals surface area contributed by atoms with E-state index in [2.05, 4.69) is 0 Å². The molecule has 2 amide bonds. The molecule has 6 heteroatoms. The van der Waals surface area contributed by atoms with Crippen molar-refractivity contribution in [3.8, 4) is 0 Å². The molecule has 2 rings (SSSR count). The van der Waals surface area contributed by atoms with E-state index in [-0.39, 0.29) is 30.4 Å². The number of aliphatic hydroxyl groups excluding tert-OH is 1. The lowest BCUT2D eigenvalue weighted by molar-refractivity contribution is -0.138. The highest BCUT2D eigenvalue weighted by atomic mass is 32.1. The number of likely N-dealkylation sites (N-methyl/N-ethyl adjacent to an activating group) is 1. The molecule has 2 atom stereocenters. The standard InChI is InChI=1S/C15H22N2O3S/c1-11(10-18)16(2)14(19)12-5-3-7-17(9-12)15(20)13-6-4-8-21-13/h4,6,8,11-12,18H,3,5,7,9-10H2,1-2H3. The average molecular weight is 310 g/mol. The number of piperidine rings is 1. The van der Waals surface area contributed by atoms with Crippen molar-refractivity contribution < 1.29 is 14.7 Å². The SMILES string of the molecule is CC(CO)N(C)C(=O)C1CCCN(C(=O)c2cccs2)C1. The number of amides is 2. The molecule has 1 aromatic rings. The number of carbonyl (C=O) groups is 2. The van der Waals surface area contributed by atoms with Crippen LogP contribution in [0.3, 0.4) is 0 Å². The zero-order chi connectivity index (χ0) is 15.4. The van der Waals surface area contributed by atoms with Gasteiger partial charge in [-0.1, -0.05) is 6.07 Å². The zero-order valence-corrected chi connectivity index (χ0v) is 13.3. The minimum absolute atomic E-state index is 0.0141. The maximum atomic E-state index is 12.4. The van der Waals surface area contributed by atoms with Gasteiger partial charge in [0, 0.05) is 20.1 Å². The van der Waals surface area contributed by atoms with E-state index in [0.29, 0.717) is 13.1 Å². The number of rotatable bonds is 4. The fraction of sp³-hybridized carbons (Fsp3) is 0.600. The summed E-state index contributed by atoms with van der Waals surface area (Å²) in [5.41, 5.74) is 0. The van der Waals surface area contributed by atoms with Gasteiger partial charge in [0.15, 0.2) is 0 Å². The third kappa shape index (κ3) is 3.63. The fourth-order valence-corrected chi connectivity index (χ4v) is 3.24. The lowest BCUT2D eigenvalue weighted by Gasteiger charge is -2.35. The van der Waals surface area contributed by atoms with Crippen LogP contribution >= 0.6 is 11.3 Å². The van der Waals surface area contributed by atoms with Gasteiger partial charge in [-0.05, 0) is 31.2 Å². The second-order valence-corrected chi connectivity index (χ2v) is 6.50. The molecule has 1 aliphatic heterocycles. The average Bonchev–Trinajstić information content (AvgIpc) is 3.06. The Morgan fingerprint density at radius 2 is 2.33 bits per heavy atom. The molecule has 1 saturated heterocycles. The molecule has 1 N–H and O–H groups in total. The van der Waals surface area contributed by atoms with Crippen molar-refractivity contribution in [1.29, 1.82) is 0 Å². The number of thiophene rings is 1. The summed E-state index contributed by atoms with van der Waals surface area (Å²) in [4.78, 5) is 28.9. The Balaban J connectivity index is 2.00. The highest BCUT2D eigenvalue weighted by molar-refractivity contribution is 7.12. The molecule has 2 heterocycles. The van der Waals surface area contributed by atoms with Crippen molar-refractivity contribution in [3.63, 3.8) is 0 Å². The molecular formula is C15H22N2O3S. The van der Waals surface area contributed by atoms with E-state index in [1.54, 1.807) is 16.8 Å². The monoisotopic (exact) mass is 310 g/mol. The molecule has 0 spiro atoms. The van der Waals surface area contributed by atoms with Gasteiger partial charge in [0.2, 0.25) is 5.91 Å². The normalized spacial score (nSPS) is 20.1. The van der Waals surface area contributed by atoms with Crippen molar-refractivity contribution in [2.24, 2.45) is 5.92 Å². The number of hydrogen-bond donors (Lipinski definition) is 1. The van der Waals surface area contributed by atoms with Crippen LogP contribution in [0.1, 0.15) is 29.4 Å². The van der Waals surface area contributed by atoms with Crippen LogP contribution in [0.4, 0.5) is 0 Å². The van der Waals surface area contributed by atoms with Crippen LogP contribution in [0, 0.1) is 5.92 Å². The Kier molecular flexibility index (Phi) is 5.36. The summed E-state index contributed by atoms with van der Waals surface area (Å²) < 4.78 is 0. The Hall–Kier alpha value is -1.40. The predicted molar refractivity (Wildman–Crippen MR) is 82.3 cm³/mol. The predicted octanol–water partition coefficient (Wildman–Crippen LogP) is 1.44. The molecule has 1 aromatic heterocycles. The van der Waals surface area contributed by atoms with Crippen molar-refractivity contribution in [2.45, 2.75) is 25.8 Å². The van der Waals surface area contributed by atoms with Gasteiger partial charge in [0.1, 0.15) is 0 Å².